The van der Waals surface area contributed by atoms with Gasteiger partial charge in [-0.05, 0) is 12.1 Å². The van der Waals surface area contributed by atoms with Crippen molar-refractivity contribution in [3.63, 3.8) is 0 Å². The second kappa shape index (κ2) is 6.36. The van der Waals surface area contributed by atoms with Crippen molar-refractivity contribution in [2.24, 2.45) is 0 Å². The highest BCUT2D eigenvalue weighted by Gasteiger charge is 2.01. The fraction of sp³-hybridized carbons (Fsp3) is 0.250. The van der Waals surface area contributed by atoms with Gasteiger partial charge in [-0.1, -0.05) is 18.2 Å². The number of benzene rings is 1. The van der Waals surface area contributed by atoms with Crippen LogP contribution in [0.15, 0.2) is 30.3 Å². The molecule has 0 aliphatic carbocycles. The van der Waals surface area contributed by atoms with E-state index in [1.54, 1.807) is 24.3 Å². The van der Waals surface area contributed by atoms with Crippen molar-refractivity contribution < 1.29 is 21.9 Å². The van der Waals surface area contributed by atoms with Gasteiger partial charge in [-0.25, -0.2) is 0 Å². The molecule has 0 aromatic heterocycles. The fourth-order valence-corrected chi connectivity index (χ4v) is 0.632. The summed E-state index contributed by atoms with van der Waals surface area (Å²) in [7, 11) is -1.60. The van der Waals surface area contributed by atoms with Gasteiger partial charge in [-0.3, -0.25) is 8.37 Å². The van der Waals surface area contributed by atoms with E-state index in [0.717, 1.165) is 14.2 Å². The SMILES string of the molecule is COS(=O)(=O)OC.Oc1ccccc1. The zero-order valence-corrected chi connectivity index (χ0v) is 8.69. The maximum absolute atomic E-state index is 9.92. The number of rotatable bonds is 2. The Labute approximate surface area is 83.2 Å². The first kappa shape index (κ1) is 12.9. The van der Waals surface area contributed by atoms with Crippen molar-refractivity contribution >= 4 is 10.4 Å². The van der Waals surface area contributed by atoms with E-state index >= 15 is 0 Å². The molecule has 0 radical (unpaired) electrons. The Morgan fingerprint density at radius 3 is 1.64 bits per heavy atom. The van der Waals surface area contributed by atoms with E-state index in [1.165, 1.54) is 0 Å². The number of hydrogen-bond acceptors (Lipinski definition) is 5. The predicted octanol–water partition coefficient (Wildman–Crippen LogP) is 0.916. The molecule has 0 aliphatic rings. The van der Waals surface area contributed by atoms with Crippen molar-refractivity contribution in [2.45, 2.75) is 0 Å². The minimum Gasteiger partial charge on any atom is -0.508 e. The lowest BCUT2D eigenvalue weighted by atomic mass is 10.3. The van der Waals surface area contributed by atoms with E-state index in [0.29, 0.717) is 5.75 Å². The Balaban J connectivity index is 0.000000241. The summed E-state index contributed by atoms with van der Waals surface area (Å²) < 4.78 is 27.5. The first-order valence-corrected chi connectivity index (χ1v) is 4.95. The molecule has 1 N–H and O–H groups in total. The number of phenolic OH excluding ortho intramolecular Hbond substituents is 1. The zero-order chi connectivity index (χ0) is 11.0. The van der Waals surface area contributed by atoms with Crippen LogP contribution in [0.4, 0.5) is 0 Å². The first-order chi connectivity index (χ1) is 6.52. The highest BCUT2D eigenvalue weighted by molar-refractivity contribution is 7.81. The summed E-state index contributed by atoms with van der Waals surface area (Å²) in [6.07, 6.45) is 0. The lowest BCUT2D eigenvalue weighted by molar-refractivity contribution is 0.286. The summed E-state index contributed by atoms with van der Waals surface area (Å²) in [5.74, 6) is 0.322. The molecule has 0 bridgehead atoms. The Morgan fingerprint density at radius 2 is 1.50 bits per heavy atom. The molecule has 0 fully saturated rings. The quantitative estimate of drug-likeness (QED) is 0.802. The predicted molar refractivity (Wildman–Crippen MR) is 51.0 cm³/mol. The third-order valence-electron chi connectivity index (χ3n) is 1.16. The number of para-hydroxylation sites is 1. The van der Waals surface area contributed by atoms with Crippen molar-refractivity contribution in [1.82, 2.24) is 0 Å². The molecule has 0 aliphatic heterocycles. The number of phenols is 1. The van der Waals surface area contributed by atoms with Gasteiger partial charge in [0.25, 0.3) is 0 Å². The Hall–Kier alpha value is -1.11. The molecule has 0 atom stereocenters. The van der Waals surface area contributed by atoms with Crippen LogP contribution in [0.1, 0.15) is 0 Å². The minimum atomic E-state index is -3.66. The van der Waals surface area contributed by atoms with Crippen LogP contribution in [-0.2, 0) is 18.8 Å². The van der Waals surface area contributed by atoms with Crippen LogP contribution in [0.2, 0.25) is 0 Å². The lowest BCUT2D eigenvalue weighted by Crippen LogP contribution is -2.02. The van der Waals surface area contributed by atoms with E-state index in [2.05, 4.69) is 8.37 Å². The molecule has 1 aromatic carbocycles. The average molecular weight is 220 g/mol. The van der Waals surface area contributed by atoms with Crippen LogP contribution >= 0.6 is 0 Å². The van der Waals surface area contributed by atoms with Crippen LogP contribution in [0.25, 0.3) is 0 Å². The lowest BCUT2D eigenvalue weighted by Gasteiger charge is -1.91. The molecule has 6 heteroatoms. The summed E-state index contributed by atoms with van der Waals surface area (Å²) in [5, 5.41) is 8.63. The number of aromatic hydroxyl groups is 1. The van der Waals surface area contributed by atoms with Gasteiger partial charge in [0.05, 0.1) is 14.2 Å². The van der Waals surface area contributed by atoms with E-state index in [1.807, 2.05) is 6.07 Å². The Morgan fingerprint density at radius 1 is 1.07 bits per heavy atom. The van der Waals surface area contributed by atoms with Gasteiger partial charge in [-0.15, -0.1) is 0 Å². The van der Waals surface area contributed by atoms with Gasteiger partial charge in [0.15, 0.2) is 0 Å². The van der Waals surface area contributed by atoms with Crippen molar-refractivity contribution in [2.75, 3.05) is 14.2 Å². The molecule has 0 amide bonds. The Kier molecular flexibility index (Phi) is 5.86. The van der Waals surface area contributed by atoms with E-state index in [4.69, 9.17) is 5.11 Å². The highest BCUT2D eigenvalue weighted by atomic mass is 32.3. The molecular formula is C8H12O5S. The minimum absolute atomic E-state index is 0.322. The zero-order valence-electron chi connectivity index (χ0n) is 7.88. The summed E-state index contributed by atoms with van der Waals surface area (Å²) in [6.45, 7) is 0. The molecule has 1 aromatic rings. The fourth-order valence-electron chi connectivity index (χ4n) is 0.496. The molecule has 1 rings (SSSR count). The molecular weight excluding hydrogens is 208 g/mol. The molecule has 0 unspecified atom stereocenters. The average Bonchev–Trinajstić information content (AvgIpc) is 2.20. The van der Waals surface area contributed by atoms with Crippen LogP contribution in [0.3, 0.4) is 0 Å². The summed E-state index contributed by atoms with van der Waals surface area (Å²) >= 11 is 0. The van der Waals surface area contributed by atoms with Crippen LogP contribution in [0.5, 0.6) is 5.75 Å². The van der Waals surface area contributed by atoms with Crippen molar-refractivity contribution in [3.05, 3.63) is 30.3 Å². The van der Waals surface area contributed by atoms with E-state index in [-0.39, 0.29) is 0 Å². The smallest absolute Gasteiger partial charge is 0.399 e. The van der Waals surface area contributed by atoms with Crippen molar-refractivity contribution in [3.8, 4) is 5.75 Å². The maximum Gasteiger partial charge on any atom is 0.399 e. The standard InChI is InChI=1S/C6H6O.C2H6O4S/c7-6-4-2-1-3-5-6;1-5-7(3,4)6-2/h1-5,7H;1-2H3. The molecule has 14 heavy (non-hydrogen) atoms. The van der Waals surface area contributed by atoms with Gasteiger partial charge in [-0.2, -0.15) is 8.42 Å². The van der Waals surface area contributed by atoms with Crippen LogP contribution < -0.4 is 0 Å². The maximum atomic E-state index is 9.92. The molecule has 80 valence electrons. The third-order valence-corrected chi connectivity index (χ3v) is 1.98. The summed E-state index contributed by atoms with van der Waals surface area (Å²) in [5.41, 5.74) is 0. The first-order valence-electron chi connectivity index (χ1n) is 3.62. The largest absolute Gasteiger partial charge is 0.508 e. The molecule has 0 saturated heterocycles. The Bertz CT molecular complexity index is 322. The second-order valence-corrected chi connectivity index (χ2v) is 3.56. The highest BCUT2D eigenvalue weighted by Crippen LogP contribution is 2.02. The van der Waals surface area contributed by atoms with Crippen LogP contribution in [-0.4, -0.2) is 27.7 Å². The normalized spacial score (nSPS) is 10.1. The van der Waals surface area contributed by atoms with E-state index in [9.17, 15) is 8.42 Å². The molecule has 0 spiro atoms. The van der Waals surface area contributed by atoms with Gasteiger partial charge in [0.1, 0.15) is 5.75 Å². The van der Waals surface area contributed by atoms with Gasteiger partial charge >= 0.3 is 10.4 Å². The van der Waals surface area contributed by atoms with Crippen LogP contribution in [0, 0.1) is 0 Å². The third kappa shape index (κ3) is 6.41. The molecule has 5 nitrogen and oxygen atoms in total. The van der Waals surface area contributed by atoms with Gasteiger partial charge in [0, 0.05) is 0 Å². The number of hydrogen-bond donors (Lipinski definition) is 1. The molecule has 0 heterocycles. The van der Waals surface area contributed by atoms with Crippen molar-refractivity contribution in [1.29, 1.82) is 0 Å². The van der Waals surface area contributed by atoms with Gasteiger partial charge < -0.3 is 5.11 Å². The molecule has 0 saturated carbocycles. The monoisotopic (exact) mass is 220 g/mol. The summed E-state index contributed by atoms with van der Waals surface area (Å²) in [6, 6.07) is 8.71. The topological polar surface area (TPSA) is 72.8 Å². The second-order valence-electron chi connectivity index (χ2n) is 2.08. The summed E-state index contributed by atoms with van der Waals surface area (Å²) in [4.78, 5) is 0. The van der Waals surface area contributed by atoms with E-state index < -0.39 is 10.4 Å². The van der Waals surface area contributed by atoms with Gasteiger partial charge in [0.2, 0.25) is 0 Å².